The average Bonchev–Trinajstić information content (AvgIpc) is 2.71. The number of hydrogen-bond donors (Lipinski definition) is 1. The van der Waals surface area contributed by atoms with Crippen LogP contribution in [0.4, 0.5) is 5.69 Å². The van der Waals surface area contributed by atoms with Gasteiger partial charge in [-0.25, -0.2) is 5.43 Å². The molecule has 0 unspecified atom stereocenters. The van der Waals surface area contributed by atoms with Crippen molar-refractivity contribution in [2.45, 2.75) is 5.92 Å². The molecule has 0 aliphatic heterocycles. The SMILES string of the molecule is O=C(NN=Cc1cc([N+](=O)[O-])ccc1Cl)C(c1ccccc1)c1ccccc1. The van der Waals surface area contributed by atoms with Crippen molar-refractivity contribution in [2.75, 3.05) is 0 Å². The van der Waals surface area contributed by atoms with Crippen LogP contribution >= 0.6 is 11.6 Å². The first kappa shape index (κ1) is 19.3. The van der Waals surface area contributed by atoms with Crippen LogP contribution in [0.5, 0.6) is 0 Å². The van der Waals surface area contributed by atoms with Gasteiger partial charge in [0.05, 0.1) is 17.1 Å². The van der Waals surface area contributed by atoms with E-state index in [1.54, 1.807) is 0 Å². The molecular weight excluding hydrogens is 378 g/mol. The molecule has 0 saturated carbocycles. The molecule has 6 nitrogen and oxygen atoms in total. The molecule has 0 aliphatic carbocycles. The third-order valence-corrected chi connectivity index (χ3v) is 4.44. The molecule has 0 radical (unpaired) electrons. The highest BCUT2D eigenvalue weighted by atomic mass is 35.5. The van der Waals surface area contributed by atoms with Gasteiger partial charge in [0.2, 0.25) is 0 Å². The number of carbonyl (C=O) groups excluding carboxylic acids is 1. The third kappa shape index (κ3) is 4.61. The summed E-state index contributed by atoms with van der Waals surface area (Å²) >= 11 is 6.04. The van der Waals surface area contributed by atoms with Gasteiger partial charge in [-0.15, -0.1) is 0 Å². The number of nitro groups is 1. The molecule has 3 rings (SSSR count). The molecule has 0 aliphatic rings. The summed E-state index contributed by atoms with van der Waals surface area (Å²) in [6.07, 6.45) is 1.29. The van der Waals surface area contributed by atoms with Gasteiger partial charge < -0.3 is 0 Å². The molecule has 0 aromatic heterocycles. The summed E-state index contributed by atoms with van der Waals surface area (Å²) in [6, 6.07) is 22.7. The number of benzene rings is 3. The molecule has 140 valence electrons. The largest absolute Gasteiger partial charge is 0.272 e. The van der Waals surface area contributed by atoms with Crippen LogP contribution in [0.2, 0.25) is 5.02 Å². The Hall–Kier alpha value is -3.51. The van der Waals surface area contributed by atoms with Crippen LogP contribution in [-0.2, 0) is 4.79 Å². The number of nitrogens with one attached hydrogen (secondary N) is 1. The Balaban J connectivity index is 1.83. The second kappa shape index (κ2) is 8.92. The molecule has 1 N–H and O–H groups in total. The Morgan fingerprint density at radius 1 is 1.00 bits per heavy atom. The van der Waals surface area contributed by atoms with Crippen molar-refractivity contribution in [3.05, 3.63) is 111 Å². The lowest BCUT2D eigenvalue weighted by Crippen LogP contribution is -2.26. The number of halogens is 1. The van der Waals surface area contributed by atoms with E-state index in [9.17, 15) is 14.9 Å². The Morgan fingerprint density at radius 3 is 2.11 bits per heavy atom. The van der Waals surface area contributed by atoms with Crippen molar-refractivity contribution in [3.8, 4) is 0 Å². The Labute approximate surface area is 166 Å². The minimum atomic E-state index is -0.542. The van der Waals surface area contributed by atoms with Crippen molar-refractivity contribution in [1.82, 2.24) is 5.43 Å². The monoisotopic (exact) mass is 393 g/mol. The lowest BCUT2D eigenvalue weighted by Gasteiger charge is -2.16. The zero-order chi connectivity index (χ0) is 19.9. The summed E-state index contributed by atoms with van der Waals surface area (Å²) < 4.78 is 0. The fraction of sp³-hybridized carbons (Fsp3) is 0.0476. The summed E-state index contributed by atoms with van der Waals surface area (Å²) in [7, 11) is 0. The smallest absolute Gasteiger partial charge is 0.270 e. The van der Waals surface area contributed by atoms with E-state index in [0.29, 0.717) is 10.6 Å². The topological polar surface area (TPSA) is 84.6 Å². The van der Waals surface area contributed by atoms with Crippen LogP contribution in [0.15, 0.2) is 84.0 Å². The number of hydrazone groups is 1. The molecule has 0 bridgehead atoms. The van der Waals surface area contributed by atoms with Crippen LogP contribution in [-0.4, -0.2) is 17.0 Å². The summed E-state index contributed by atoms with van der Waals surface area (Å²) in [5.74, 6) is -0.865. The standard InChI is InChI=1S/C21H16ClN3O3/c22-19-12-11-18(25(27)28)13-17(19)14-23-24-21(26)20(15-7-3-1-4-8-15)16-9-5-2-6-10-16/h1-14,20H,(H,24,26). The number of non-ortho nitro benzene ring substituents is 1. The van der Waals surface area contributed by atoms with E-state index in [1.807, 2.05) is 60.7 Å². The van der Waals surface area contributed by atoms with E-state index >= 15 is 0 Å². The number of hydrogen-bond acceptors (Lipinski definition) is 4. The van der Waals surface area contributed by atoms with E-state index in [0.717, 1.165) is 11.1 Å². The van der Waals surface area contributed by atoms with Gasteiger partial charge in [0, 0.05) is 22.7 Å². The van der Waals surface area contributed by atoms with Gasteiger partial charge in [-0.1, -0.05) is 72.3 Å². The predicted molar refractivity (Wildman–Crippen MR) is 109 cm³/mol. The number of nitro benzene ring substituents is 1. The Kier molecular flexibility index (Phi) is 6.14. The molecule has 0 fully saturated rings. The van der Waals surface area contributed by atoms with Gasteiger partial charge in [-0.3, -0.25) is 14.9 Å². The Bertz CT molecular complexity index is 968. The number of carbonyl (C=O) groups is 1. The highest BCUT2D eigenvalue weighted by Crippen LogP contribution is 2.25. The molecule has 7 heteroatoms. The quantitative estimate of drug-likeness (QED) is 0.379. The first-order valence-corrected chi connectivity index (χ1v) is 8.81. The number of amides is 1. The van der Waals surface area contributed by atoms with E-state index in [4.69, 9.17) is 11.6 Å². The normalized spacial score (nSPS) is 10.9. The molecule has 0 spiro atoms. The lowest BCUT2D eigenvalue weighted by molar-refractivity contribution is -0.384. The van der Waals surface area contributed by atoms with Gasteiger partial charge >= 0.3 is 0 Å². The maximum Gasteiger partial charge on any atom is 0.270 e. The third-order valence-electron chi connectivity index (χ3n) is 4.10. The van der Waals surface area contributed by atoms with Crippen molar-refractivity contribution >= 4 is 29.4 Å². The van der Waals surface area contributed by atoms with Gasteiger partial charge in [0.15, 0.2) is 0 Å². The number of rotatable bonds is 6. The fourth-order valence-electron chi connectivity index (χ4n) is 2.76. The van der Waals surface area contributed by atoms with Gasteiger partial charge in [0.25, 0.3) is 11.6 Å². The van der Waals surface area contributed by atoms with Crippen LogP contribution < -0.4 is 5.43 Å². The fourth-order valence-corrected chi connectivity index (χ4v) is 2.93. The van der Waals surface area contributed by atoms with Crippen molar-refractivity contribution in [1.29, 1.82) is 0 Å². The minimum absolute atomic E-state index is 0.108. The van der Waals surface area contributed by atoms with Crippen molar-refractivity contribution < 1.29 is 9.72 Å². The van der Waals surface area contributed by atoms with Crippen molar-refractivity contribution in [2.24, 2.45) is 5.10 Å². The Morgan fingerprint density at radius 2 is 1.57 bits per heavy atom. The van der Waals surface area contributed by atoms with E-state index in [2.05, 4.69) is 10.5 Å². The maximum absolute atomic E-state index is 12.8. The van der Waals surface area contributed by atoms with Crippen LogP contribution in [0, 0.1) is 10.1 Å². The zero-order valence-electron chi connectivity index (χ0n) is 14.7. The second-order valence-electron chi connectivity index (χ2n) is 5.95. The highest BCUT2D eigenvalue weighted by molar-refractivity contribution is 6.33. The summed E-state index contributed by atoms with van der Waals surface area (Å²) in [6.45, 7) is 0. The minimum Gasteiger partial charge on any atom is -0.272 e. The number of nitrogens with zero attached hydrogens (tertiary/aromatic N) is 2. The molecule has 0 atom stereocenters. The summed E-state index contributed by atoms with van der Waals surface area (Å²) in [4.78, 5) is 23.2. The molecule has 0 heterocycles. The first-order chi connectivity index (χ1) is 13.6. The van der Waals surface area contributed by atoms with Gasteiger partial charge in [-0.2, -0.15) is 5.10 Å². The second-order valence-corrected chi connectivity index (χ2v) is 6.36. The van der Waals surface area contributed by atoms with Gasteiger partial charge in [-0.05, 0) is 17.2 Å². The lowest BCUT2D eigenvalue weighted by atomic mass is 9.91. The van der Waals surface area contributed by atoms with E-state index in [1.165, 1.54) is 24.4 Å². The molecule has 0 saturated heterocycles. The van der Waals surface area contributed by atoms with E-state index in [-0.39, 0.29) is 11.6 Å². The van der Waals surface area contributed by atoms with Crippen LogP contribution in [0.1, 0.15) is 22.6 Å². The van der Waals surface area contributed by atoms with Crippen LogP contribution in [0.25, 0.3) is 0 Å². The summed E-state index contributed by atoms with van der Waals surface area (Å²) in [5.41, 5.74) is 4.40. The molecule has 3 aromatic carbocycles. The highest BCUT2D eigenvalue weighted by Gasteiger charge is 2.22. The van der Waals surface area contributed by atoms with Crippen LogP contribution in [0.3, 0.4) is 0 Å². The zero-order valence-corrected chi connectivity index (χ0v) is 15.4. The van der Waals surface area contributed by atoms with E-state index < -0.39 is 10.8 Å². The molecule has 3 aromatic rings. The molecular formula is C21H16ClN3O3. The predicted octanol–water partition coefficient (Wildman–Crippen LogP) is 4.53. The first-order valence-electron chi connectivity index (χ1n) is 8.43. The average molecular weight is 394 g/mol. The maximum atomic E-state index is 12.8. The van der Waals surface area contributed by atoms with Gasteiger partial charge in [0.1, 0.15) is 0 Å². The molecule has 28 heavy (non-hydrogen) atoms. The summed E-state index contributed by atoms with van der Waals surface area (Å²) in [5, 5.41) is 15.1. The molecule has 1 amide bonds. The van der Waals surface area contributed by atoms with Crippen molar-refractivity contribution in [3.63, 3.8) is 0 Å².